The Hall–Kier alpha value is -3.12. The number of benzene rings is 3. The van der Waals surface area contributed by atoms with Gasteiger partial charge in [0.25, 0.3) is 15.9 Å². The van der Waals surface area contributed by atoms with Gasteiger partial charge in [-0.25, -0.2) is 8.42 Å². The van der Waals surface area contributed by atoms with Gasteiger partial charge in [-0.2, -0.15) is 0 Å². The summed E-state index contributed by atoms with van der Waals surface area (Å²) in [5.41, 5.74) is 2.88. The topological polar surface area (TPSA) is 57.7 Å². The van der Waals surface area contributed by atoms with Gasteiger partial charge >= 0.3 is 0 Å². The zero-order valence-corrected chi connectivity index (χ0v) is 18.5. The summed E-state index contributed by atoms with van der Waals surface area (Å²) in [5, 5.41) is 0. The Balaban J connectivity index is 1.71. The number of para-hydroxylation sites is 2. The van der Waals surface area contributed by atoms with Crippen LogP contribution in [-0.4, -0.2) is 26.9 Å². The predicted molar refractivity (Wildman–Crippen MR) is 124 cm³/mol. The second-order valence-corrected chi connectivity index (χ2v) is 9.80. The van der Waals surface area contributed by atoms with E-state index < -0.39 is 10.0 Å². The van der Waals surface area contributed by atoms with Crippen molar-refractivity contribution in [3.05, 3.63) is 90.0 Å². The monoisotopic (exact) mass is 434 g/mol. The summed E-state index contributed by atoms with van der Waals surface area (Å²) in [6, 6.07) is 23.3. The van der Waals surface area contributed by atoms with Gasteiger partial charge in [0.1, 0.15) is 0 Å². The van der Waals surface area contributed by atoms with E-state index in [1.54, 1.807) is 23.1 Å². The van der Waals surface area contributed by atoms with Crippen LogP contribution in [0.3, 0.4) is 0 Å². The van der Waals surface area contributed by atoms with E-state index in [2.05, 4.69) is 0 Å². The normalized spacial score (nSPS) is 13.7. The summed E-state index contributed by atoms with van der Waals surface area (Å²) in [6.45, 7) is 4.31. The molecule has 0 unspecified atom stereocenters. The number of rotatable bonds is 5. The van der Waals surface area contributed by atoms with Crippen LogP contribution in [-0.2, 0) is 16.4 Å². The summed E-state index contributed by atoms with van der Waals surface area (Å²) in [4.78, 5) is 15.2. The van der Waals surface area contributed by atoms with Gasteiger partial charge in [-0.1, -0.05) is 42.5 Å². The van der Waals surface area contributed by atoms with Crippen molar-refractivity contribution >= 4 is 27.3 Å². The van der Waals surface area contributed by atoms with Gasteiger partial charge in [0, 0.05) is 23.8 Å². The van der Waals surface area contributed by atoms with Crippen molar-refractivity contribution in [1.82, 2.24) is 0 Å². The first-order valence-corrected chi connectivity index (χ1v) is 11.9. The molecule has 0 atom stereocenters. The molecule has 1 aliphatic heterocycles. The number of nitrogens with zero attached hydrogens (tertiary/aromatic N) is 2. The molecule has 0 aliphatic carbocycles. The molecule has 0 saturated heterocycles. The summed E-state index contributed by atoms with van der Waals surface area (Å²) in [5.74, 6) is -0.225. The van der Waals surface area contributed by atoms with E-state index in [0.29, 0.717) is 12.1 Å². The highest BCUT2D eigenvalue weighted by atomic mass is 32.2. The molecular weight excluding hydrogens is 408 g/mol. The quantitative estimate of drug-likeness (QED) is 0.575. The zero-order chi connectivity index (χ0) is 22.0. The molecular formula is C25H26N2O3S. The minimum absolute atomic E-state index is 0.0795. The van der Waals surface area contributed by atoms with Crippen molar-refractivity contribution < 1.29 is 13.2 Å². The van der Waals surface area contributed by atoms with Crippen molar-refractivity contribution in [3.63, 3.8) is 0 Å². The summed E-state index contributed by atoms with van der Waals surface area (Å²) < 4.78 is 28.5. The highest BCUT2D eigenvalue weighted by Crippen LogP contribution is 2.32. The lowest BCUT2D eigenvalue weighted by Gasteiger charge is -2.31. The predicted octanol–water partition coefficient (Wildman–Crippen LogP) is 4.88. The number of anilines is 2. The molecule has 0 bridgehead atoms. The fourth-order valence-corrected chi connectivity index (χ4v) is 5.63. The first-order valence-electron chi connectivity index (χ1n) is 10.5. The van der Waals surface area contributed by atoms with E-state index in [9.17, 15) is 13.2 Å². The van der Waals surface area contributed by atoms with Crippen molar-refractivity contribution in [3.8, 4) is 0 Å². The summed E-state index contributed by atoms with van der Waals surface area (Å²) >= 11 is 0. The molecule has 3 aromatic rings. The van der Waals surface area contributed by atoms with Gasteiger partial charge < -0.3 is 4.90 Å². The SMILES string of the molecule is CC(C)N(C(=O)c1cccc(S(=O)(=O)N2CCCc3ccccc32)c1)c1ccccc1. The molecule has 160 valence electrons. The minimum atomic E-state index is -3.78. The van der Waals surface area contributed by atoms with Gasteiger partial charge in [-0.3, -0.25) is 9.10 Å². The lowest BCUT2D eigenvalue weighted by atomic mass is 10.0. The van der Waals surface area contributed by atoms with Crippen LogP contribution in [0.1, 0.15) is 36.2 Å². The first kappa shape index (κ1) is 21.1. The molecule has 6 heteroatoms. The van der Waals surface area contributed by atoms with Crippen LogP contribution >= 0.6 is 0 Å². The van der Waals surface area contributed by atoms with Crippen LogP contribution in [0.5, 0.6) is 0 Å². The van der Waals surface area contributed by atoms with Gasteiger partial charge in [0.15, 0.2) is 0 Å². The van der Waals surface area contributed by atoms with E-state index in [1.165, 1.54) is 10.4 Å². The molecule has 0 saturated carbocycles. The van der Waals surface area contributed by atoms with Crippen LogP contribution in [0.4, 0.5) is 11.4 Å². The van der Waals surface area contributed by atoms with Crippen molar-refractivity contribution in [1.29, 1.82) is 0 Å². The lowest BCUT2D eigenvalue weighted by Crippen LogP contribution is -2.37. The molecule has 3 aromatic carbocycles. The van der Waals surface area contributed by atoms with E-state index in [0.717, 1.165) is 29.8 Å². The second kappa shape index (κ2) is 8.55. The third kappa shape index (κ3) is 4.08. The fraction of sp³-hybridized carbons (Fsp3) is 0.240. The molecule has 4 rings (SSSR count). The number of fused-ring (bicyclic) bond motifs is 1. The van der Waals surface area contributed by atoms with E-state index in [4.69, 9.17) is 0 Å². The standard InChI is InChI=1S/C25H26N2O3S/c1-19(2)27(22-13-4-3-5-14-22)25(28)21-11-8-15-23(18-21)31(29,30)26-17-9-12-20-10-6-7-16-24(20)26/h3-8,10-11,13-16,18-19H,9,12,17H2,1-2H3. The average Bonchev–Trinajstić information content (AvgIpc) is 2.79. The van der Waals surface area contributed by atoms with E-state index >= 15 is 0 Å². The molecule has 1 aliphatic rings. The van der Waals surface area contributed by atoms with E-state index in [1.807, 2.05) is 68.4 Å². The first-order chi connectivity index (χ1) is 14.9. The molecule has 1 amide bonds. The molecule has 0 spiro atoms. The maximum Gasteiger partial charge on any atom is 0.264 e. The third-order valence-corrected chi connectivity index (χ3v) is 7.32. The Morgan fingerprint density at radius 3 is 2.39 bits per heavy atom. The molecule has 0 N–H and O–H groups in total. The van der Waals surface area contributed by atoms with Crippen molar-refractivity contribution in [2.24, 2.45) is 0 Å². The maximum absolute atomic E-state index is 13.5. The number of carbonyl (C=O) groups excluding carboxylic acids is 1. The molecule has 5 nitrogen and oxygen atoms in total. The summed E-state index contributed by atoms with van der Waals surface area (Å²) in [6.07, 6.45) is 1.63. The average molecular weight is 435 g/mol. The number of aryl methyl sites for hydroxylation is 1. The van der Waals surface area contributed by atoms with E-state index in [-0.39, 0.29) is 16.8 Å². The van der Waals surface area contributed by atoms with Crippen LogP contribution in [0.25, 0.3) is 0 Å². The molecule has 31 heavy (non-hydrogen) atoms. The van der Waals surface area contributed by atoms with Crippen LogP contribution in [0, 0.1) is 0 Å². The number of hydrogen-bond acceptors (Lipinski definition) is 3. The lowest BCUT2D eigenvalue weighted by molar-refractivity contribution is 0.0980. The number of carbonyl (C=O) groups is 1. The van der Waals surface area contributed by atoms with Gasteiger partial charge in [0.2, 0.25) is 0 Å². The highest BCUT2D eigenvalue weighted by Gasteiger charge is 2.30. The Morgan fingerprint density at radius 1 is 0.935 bits per heavy atom. The van der Waals surface area contributed by atoms with Crippen molar-refractivity contribution in [2.75, 3.05) is 15.7 Å². The number of hydrogen-bond donors (Lipinski definition) is 0. The smallest absolute Gasteiger partial charge is 0.264 e. The Labute approximate surface area is 184 Å². The van der Waals surface area contributed by atoms with Crippen LogP contribution in [0.15, 0.2) is 83.8 Å². The Morgan fingerprint density at radius 2 is 1.65 bits per heavy atom. The minimum Gasteiger partial charge on any atom is -0.306 e. The van der Waals surface area contributed by atoms with Crippen LogP contribution < -0.4 is 9.21 Å². The van der Waals surface area contributed by atoms with Gasteiger partial charge in [0.05, 0.1) is 10.6 Å². The molecule has 1 heterocycles. The second-order valence-electron chi connectivity index (χ2n) is 7.94. The largest absolute Gasteiger partial charge is 0.306 e. The van der Waals surface area contributed by atoms with Crippen molar-refractivity contribution in [2.45, 2.75) is 37.6 Å². The summed E-state index contributed by atoms with van der Waals surface area (Å²) in [7, 11) is -3.78. The van der Waals surface area contributed by atoms with Gasteiger partial charge in [-0.15, -0.1) is 0 Å². The zero-order valence-electron chi connectivity index (χ0n) is 17.7. The molecule has 0 radical (unpaired) electrons. The highest BCUT2D eigenvalue weighted by molar-refractivity contribution is 7.92. The van der Waals surface area contributed by atoms with Gasteiger partial charge in [-0.05, 0) is 68.7 Å². The van der Waals surface area contributed by atoms with Crippen LogP contribution in [0.2, 0.25) is 0 Å². The maximum atomic E-state index is 13.5. The Bertz CT molecular complexity index is 1190. The number of amides is 1. The molecule has 0 aromatic heterocycles. The number of sulfonamides is 1. The fourth-order valence-electron chi connectivity index (χ4n) is 4.04. The Kier molecular flexibility index (Phi) is 5.83. The third-order valence-electron chi connectivity index (χ3n) is 5.51. The molecule has 0 fully saturated rings.